The first kappa shape index (κ1) is 9.97. The minimum Gasteiger partial charge on any atom is -0.364 e. The number of hydrogen-bond acceptors (Lipinski definition) is 2. The number of rotatable bonds is 3. The highest BCUT2D eigenvalue weighted by Crippen LogP contribution is 2.23. The summed E-state index contributed by atoms with van der Waals surface area (Å²) in [5.41, 5.74) is 3.58. The van der Waals surface area contributed by atoms with Gasteiger partial charge in [0.15, 0.2) is 0 Å². The zero-order chi connectivity index (χ0) is 10.7. The summed E-state index contributed by atoms with van der Waals surface area (Å²) in [6.07, 6.45) is 4.57. The first-order valence-electron chi connectivity index (χ1n) is 5.31. The van der Waals surface area contributed by atoms with E-state index in [1.807, 2.05) is 0 Å². The molecule has 0 saturated heterocycles. The van der Waals surface area contributed by atoms with Gasteiger partial charge in [0.05, 0.1) is 6.20 Å². The average molecular weight is 201 g/mol. The maximum atomic E-state index is 4.82. The Kier molecular flexibility index (Phi) is 2.86. The fourth-order valence-corrected chi connectivity index (χ4v) is 1.59. The van der Waals surface area contributed by atoms with Crippen LogP contribution in [-0.2, 0) is 0 Å². The quantitative estimate of drug-likeness (QED) is 0.753. The Balaban J connectivity index is 2.25. The van der Waals surface area contributed by atoms with Crippen molar-refractivity contribution < 1.29 is 4.52 Å². The van der Waals surface area contributed by atoms with Gasteiger partial charge in [-0.2, -0.15) is 0 Å². The Morgan fingerprint density at radius 3 is 2.47 bits per heavy atom. The minimum absolute atomic E-state index is 0.626. The Morgan fingerprint density at radius 2 is 1.93 bits per heavy atom. The van der Waals surface area contributed by atoms with E-state index in [-0.39, 0.29) is 0 Å². The molecule has 0 saturated carbocycles. The van der Waals surface area contributed by atoms with Crippen LogP contribution in [0.2, 0.25) is 0 Å². The van der Waals surface area contributed by atoms with E-state index in [1.54, 1.807) is 12.5 Å². The van der Waals surface area contributed by atoms with E-state index in [0.29, 0.717) is 5.92 Å². The molecule has 0 fully saturated rings. The third-order valence-corrected chi connectivity index (χ3v) is 2.86. The highest BCUT2D eigenvalue weighted by atomic mass is 16.5. The molecule has 15 heavy (non-hydrogen) atoms. The van der Waals surface area contributed by atoms with Gasteiger partial charge >= 0.3 is 0 Å². The first-order chi connectivity index (χ1) is 7.31. The Hall–Kier alpha value is -1.57. The predicted octanol–water partition coefficient (Wildman–Crippen LogP) is 3.86. The van der Waals surface area contributed by atoms with Crippen molar-refractivity contribution >= 4 is 0 Å². The Labute approximate surface area is 89.9 Å². The molecule has 0 amide bonds. The summed E-state index contributed by atoms with van der Waals surface area (Å²) in [4.78, 5) is 0. The van der Waals surface area contributed by atoms with Gasteiger partial charge in [0.2, 0.25) is 0 Å². The molecule has 2 nitrogen and oxygen atoms in total. The molecule has 0 N–H and O–H groups in total. The third kappa shape index (κ3) is 2.09. The number of nitrogens with zero attached hydrogens (tertiary/aromatic N) is 1. The second-order valence-corrected chi connectivity index (χ2v) is 3.84. The topological polar surface area (TPSA) is 26.0 Å². The van der Waals surface area contributed by atoms with Gasteiger partial charge in [0.25, 0.3) is 0 Å². The maximum absolute atomic E-state index is 4.82. The molecule has 1 heterocycles. The van der Waals surface area contributed by atoms with E-state index in [0.717, 1.165) is 11.1 Å². The fourth-order valence-electron chi connectivity index (χ4n) is 1.59. The molecule has 0 bridgehead atoms. The van der Waals surface area contributed by atoms with Crippen molar-refractivity contribution in [1.29, 1.82) is 0 Å². The van der Waals surface area contributed by atoms with Gasteiger partial charge in [0, 0.05) is 5.56 Å². The summed E-state index contributed by atoms with van der Waals surface area (Å²) in [5.74, 6) is 0.626. The van der Waals surface area contributed by atoms with Crippen molar-refractivity contribution in [1.82, 2.24) is 5.16 Å². The molecule has 0 radical (unpaired) electrons. The molecule has 1 unspecified atom stereocenters. The van der Waals surface area contributed by atoms with Crippen LogP contribution in [0.5, 0.6) is 0 Å². The van der Waals surface area contributed by atoms with Crippen LogP contribution >= 0.6 is 0 Å². The van der Waals surface area contributed by atoms with Gasteiger partial charge in [-0.1, -0.05) is 43.3 Å². The van der Waals surface area contributed by atoms with Gasteiger partial charge < -0.3 is 4.52 Å². The Morgan fingerprint density at radius 1 is 1.20 bits per heavy atom. The van der Waals surface area contributed by atoms with E-state index >= 15 is 0 Å². The molecule has 1 atom stereocenters. The molecule has 0 spiro atoms. The van der Waals surface area contributed by atoms with Crippen molar-refractivity contribution in [3.8, 4) is 11.1 Å². The van der Waals surface area contributed by atoms with Crippen LogP contribution in [0.4, 0.5) is 0 Å². The second-order valence-electron chi connectivity index (χ2n) is 3.84. The normalized spacial score (nSPS) is 12.7. The highest BCUT2D eigenvalue weighted by Gasteiger charge is 2.04. The van der Waals surface area contributed by atoms with Crippen LogP contribution in [-0.4, -0.2) is 5.16 Å². The lowest BCUT2D eigenvalue weighted by atomic mass is 9.97. The Bertz CT molecular complexity index is 403. The van der Waals surface area contributed by atoms with Gasteiger partial charge in [0.1, 0.15) is 6.26 Å². The summed E-state index contributed by atoms with van der Waals surface area (Å²) in [6.45, 7) is 4.45. The van der Waals surface area contributed by atoms with E-state index in [1.165, 1.54) is 12.0 Å². The van der Waals surface area contributed by atoms with E-state index < -0.39 is 0 Å². The largest absolute Gasteiger partial charge is 0.364 e. The molecule has 2 aromatic rings. The van der Waals surface area contributed by atoms with Crippen molar-refractivity contribution in [3.05, 3.63) is 42.3 Å². The summed E-state index contributed by atoms with van der Waals surface area (Å²) >= 11 is 0. The lowest BCUT2D eigenvalue weighted by Crippen LogP contribution is -1.90. The minimum atomic E-state index is 0.626. The molecular formula is C13H15NO. The molecule has 1 aromatic heterocycles. The summed E-state index contributed by atoms with van der Waals surface area (Å²) < 4.78 is 4.82. The monoisotopic (exact) mass is 201 g/mol. The highest BCUT2D eigenvalue weighted by molar-refractivity contribution is 5.61. The molecule has 0 aliphatic carbocycles. The van der Waals surface area contributed by atoms with Crippen LogP contribution in [0.3, 0.4) is 0 Å². The molecule has 78 valence electrons. The van der Waals surface area contributed by atoms with E-state index in [2.05, 4.69) is 43.3 Å². The number of hydrogen-bond donors (Lipinski definition) is 0. The third-order valence-electron chi connectivity index (χ3n) is 2.86. The van der Waals surface area contributed by atoms with Crippen LogP contribution in [0.15, 0.2) is 41.2 Å². The van der Waals surface area contributed by atoms with Gasteiger partial charge in [-0.05, 0) is 23.5 Å². The SMILES string of the molecule is CCC(C)c1ccc(-c2cnoc2)cc1. The van der Waals surface area contributed by atoms with Crippen molar-refractivity contribution in [2.24, 2.45) is 0 Å². The number of benzene rings is 1. The van der Waals surface area contributed by atoms with Gasteiger partial charge in [-0.15, -0.1) is 0 Å². The summed E-state index contributed by atoms with van der Waals surface area (Å²) in [6, 6.07) is 8.59. The second kappa shape index (κ2) is 4.30. The van der Waals surface area contributed by atoms with Crippen molar-refractivity contribution in [3.63, 3.8) is 0 Å². The summed E-state index contributed by atoms with van der Waals surface area (Å²) in [5, 5.41) is 3.70. The summed E-state index contributed by atoms with van der Waals surface area (Å²) in [7, 11) is 0. The fraction of sp³-hybridized carbons (Fsp3) is 0.308. The average Bonchev–Trinajstić information content (AvgIpc) is 2.82. The zero-order valence-corrected chi connectivity index (χ0v) is 9.10. The smallest absolute Gasteiger partial charge is 0.131 e. The number of aromatic nitrogens is 1. The van der Waals surface area contributed by atoms with Crippen LogP contribution in [0.1, 0.15) is 31.7 Å². The molecule has 2 heteroatoms. The molecule has 0 aliphatic heterocycles. The van der Waals surface area contributed by atoms with E-state index in [9.17, 15) is 0 Å². The lowest BCUT2D eigenvalue weighted by Gasteiger charge is -2.08. The van der Waals surface area contributed by atoms with Crippen molar-refractivity contribution in [2.45, 2.75) is 26.2 Å². The zero-order valence-electron chi connectivity index (χ0n) is 9.10. The van der Waals surface area contributed by atoms with Gasteiger partial charge in [-0.3, -0.25) is 0 Å². The van der Waals surface area contributed by atoms with Crippen molar-refractivity contribution in [2.75, 3.05) is 0 Å². The first-order valence-corrected chi connectivity index (χ1v) is 5.31. The van der Waals surface area contributed by atoms with Crippen LogP contribution in [0.25, 0.3) is 11.1 Å². The van der Waals surface area contributed by atoms with Crippen LogP contribution in [0, 0.1) is 0 Å². The maximum Gasteiger partial charge on any atom is 0.131 e. The molecule has 0 aliphatic rings. The van der Waals surface area contributed by atoms with E-state index in [4.69, 9.17) is 4.52 Å². The standard InChI is InChI=1S/C13H15NO/c1-3-10(2)11-4-6-12(7-5-11)13-8-14-15-9-13/h4-10H,3H2,1-2H3. The van der Waals surface area contributed by atoms with Gasteiger partial charge in [-0.25, -0.2) is 0 Å². The predicted molar refractivity (Wildman–Crippen MR) is 60.6 cm³/mol. The molecule has 2 rings (SSSR count). The lowest BCUT2D eigenvalue weighted by molar-refractivity contribution is 0.420. The molecular weight excluding hydrogens is 186 g/mol. The molecule has 1 aromatic carbocycles. The van der Waals surface area contributed by atoms with Crippen LogP contribution < -0.4 is 0 Å².